The van der Waals surface area contributed by atoms with Crippen LogP contribution in [0.15, 0.2) is 0 Å². The summed E-state index contributed by atoms with van der Waals surface area (Å²) < 4.78 is 5.62. The summed E-state index contributed by atoms with van der Waals surface area (Å²) in [6, 6.07) is 0. The van der Waals surface area contributed by atoms with Crippen LogP contribution in [0.3, 0.4) is 0 Å². The lowest BCUT2D eigenvalue weighted by molar-refractivity contribution is -0.160. The van der Waals surface area contributed by atoms with Crippen molar-refractivity contribution < 1.29 is 9.53 Å². The third-order valence-corrected chi connectivity index (χ3v) is 3.75. The zero-order valence-electron chi connectivity index (χ0n) is 9.50. The van der Waals surface area contributed by atoms with Crippen molar-refractivity contribution >= 4 is 5.97 Å². The van der Waals surface area contributed by atoms with Crippen molar-refractivity contribution in [1.29, 1.82) is 0 Å². The first kappa shape index (κ1) is 10.9. The zero-order valence-corrected chi connectivity index (χ0v) is 9.50. The van der Waals surface area contributed by atoms with Gasteiger partial charge in [0.15, 0.2) is 0 Å². The fraction of sp³-hybridized carbons (Fsp3) is 0.917. The molecule has 0 aromatic carbocycles. The second kappa shape index (κ2) is 4.97. The van der Waals surface area contributed by atoms with E-state index in [2.05, 4.69) is 12.2 Å². The van der Waals surface area contributed by atoms with Gasteiger partial charge in [0.1, 0.15) is 6.10 Å². The molecule has 3 heteroatoms. The third kappa shape index (κ3) is 2.51. The number of nitrogens with one attached hydrogen (secondary N) is 1. The Bertz CT molecular complexity index is 226. The molecule has 1 N–H and O–H groups in total. The van der Waals surface area contributed by atoms with Crippen molar-refractivity contribution in [1.82, 2.24) is 5.32 Å². The molecule has 0 aromatic heterocycles. The van der Waals surface area contributed by atoms with Crippen LogP contribution in [0.5, 0.6) is 0 Å². The maximum atomic E-state index is 11.7. The molecule has 0 bridgehead atoms. The van der Waals surface area contributed by atoms with Gasteiger partial charge in [-0.05, 0) is 31.6 Å². The van der Waals surface area contributed by atoms with E-state index in [9.17, 15) is 4.79 Å². The maximum absolute atomic E-state index is 11.7. The van der Waals surface area contributed by atoms with E-state index in [0.717, 1.165) is 25.9 Å². The van der Waals surface area contributed by atoms with E-state index in [-0.39, 0.29) is 18.0 Å². The molecule has 15 heavy (non-hydrogen) atoms. The minimum atomic E-state index is 0.0269. The fourth-order valence-corrected chi connectivity index (χ4v) is 2.50. The minimum absolute atomic E-state index is 0.0269. The van der Waals surface area contributed by atoms with Gasteiger partial charge in [0.2, 0.25) is 0 Å². The molecule has 2 atom stereocenters. The monoisotopic (exact) mass is 211 g/mol. The van der Waals surface area contributed by atoms with E-state index in [1.807, 2.05) is 0 Å². The van der Waals surface area contributed by atoms with E-state index >= 15 is 0 Å². The summed E-state index contributed by atoms with van der Waals surface area (Å²) in [6.45, 7) is 3.81. The molecule has 1 saturated carbocycles. The summed E-state index contributed by atoms with van der Waals surface area (Å²) in [4.78, 5) is 11.7. The van der Waals surface area contributed by atoms with Crippen LogP contribution >= 0.6 is 0 Å². The van der Waals surface area contributed by atoms with Crippen LogP contribution in [0.1, 0.15) is 39.0 Å². The van der Waals surface area contributed by atoms with E-state index in [1.165, 1.54) is 19.3 Å². The molecule has 0 amide bonds. The maximum Gasteiger partial charge on any atom is 0.311 e. The molecule has 0 radical (unpaired) electrons. The van der Waals surface area contributed by atoms with Crippen LogP contribution in [0, 0.1) is 11.8 Å². The second-order valence-corrected chi connectivity index (χ2v) is 4.78. The minimum Gasteiger partial charge on any atom is -0.462 e. The lowest BCUT2D eigenvalue weighted by Gasteiger charge is -2.33. The normalized spacial score (nSPS) is 32.1. The fourth-order valence-electron chi connectivity index (χ4n) is 2.50. The molecule has 1 aliphatic carbocycles. The largest absolute Gasteiger partial charge is 0.462 e. The predicted octanol–water partition coefficient (Wildman–Crippen LogP) is 1.72. The molecule has 2 fully saturated rings. The highest BCUT2D eigenvalue weighted by molar-refractivity contribution is 5.74. The van der Waals surface area contributed by atoms with Gasteiger partial charge in [-0.25, -0.2) is 0 Å². The highest BCUT2D eigenvalue weighted by atomic mass is 16.5. The number of hydrogen-bond acceptors (Lipinski definition) is 3. The number of carbonyl (C=O) groups is 1. The summed E-state index contributed by atoms with van der Waals surface area (Å²) >= 11 is 0. The van der Waals surface area contributed by atoms with Gasteiger partial charge in [0.25, 0.3) is 0 Å². The smallest absolute Gasteiger partial charge is 0.311 e. The summed E-state index contributed by atoms with van der Waals surface area (Å²) in [5.41, 5.74) is 0. The molecule has 2 rings (SSSR count). The molecule has 0 spiro atoms. The molecule has 86 valence electrons. The first-order valence-electron chi connectivity index (χ1n) is 6.22. The molecule has 0 aromatic rings. The number of ether oxygens (including phenoxy) is 1. The SMILES string of the molecule is CCC1CCCCC1OC(=O)C1CNC1. The van der Waals surface area contributed by atoms with Crippen LogP contribution in [0.25, 0.3) is 0 Å². The molecule has 1 heterocycles. The van der Waals surface area contributed by atoms with Crippen LogP contribution in [0.4, 0.5) is 0 Å². The highest BCUT2D eigenvalue weighted by Gasteiger charge is 2.32. The highest BCUT2D eigenvalue weighted by Crippen LogP contribution is 2.29. The van der Waals surface area contributed by atoms with Gasteiger partial charge in [-0.3, -0.25) is 4.79 Å². The van der Waals surface area contributed by atoms with Crippen molar-refractivity contribution in [2.75, 3.05) is 13.1 Å². The molecular weight excluding hydrogens is 190 g/mol. The molecule has 2 unspecified atom stereocenters. The summed E-state index contributed by atoms with van der Waals surface area (Å²) in [7, 11) is 0. The summed E-state index contributed by atoms with van der Waals surface area (Å²) in [5.74, 6) is 0.763. The third-order valence-electron chi connectivity index (χ3n) is 3.75. The van der Waals surface area contributed by atoms with E-state index in [4.69, 9.17) is 4.74 Å². The van der Waals surface area contributed by atoms with Gasteiger partial charge < -0.3 is 10.1 Å². The van der Waals surface area contributed by atoms with Crippen molar-refractivity contribution in [3.05, 3.63) is 0 Å². The number of carbonyl (C=O) groups excluding carboxylic acids is 1. The van der Waals surface area contributed by atoms with E-state index < -0.39 is 0 Å². The molecular formula is C12H21NO2. The Morgan fingerprint density at radius 2 is 2.07 bits per heavy atom. The summed E-state index contributed by atoms with van der Waals surface area (Å²) in [5, 5.41) is 3.10. The van der Waals surface area contributed by atoms with E-state index in [0.29, 0.717) is 5.92 Å². The number of esters is 1. The van der Waals surface area contributed by atoms with Gasteiger partial charge in [0.05, 0.1) is 5.92 Å². The Kier molecular flexibility index (Phi) is 3.62. The number of rotatable bonds is 3. The Morgan fingerprint density at radius 3 is 2.67 bits per heavy atom. The standard InChI is InChI=1S/C12H21NO2/c1-2-9-5-3-4-6-11(9)15-12(14)10-7-13-8-10/h9-11,13H,2-8H2,1H3. The van der Waals surface area contributed by atoms with Gasteiger partial charge in [-0.1, -0.05) is 13.3 Å². The van der Waals surface area contributed by atoms with Crippen molar-refractivity contribution in [2.24, 2.45) is 11.8 Å². The Labute approximate surface area is 91.6 Å². The Hall–Kier alpha value is -0.570. The summed E-state index contributed by atoms with van der Waals surface area (Å²) in [6.07, 6.45) is 6.18. The Morgan fingerprint density at radius 1 is 1.33 bits per heavy atom. The first-order valence-corrected chi connectivity index (χ1v) is 6.22. The molecule has 2 aliphatic rings. The Balaban J connectivity index is 1.82. The first-order chi connectivity index (χ1) is 7.31. The molecule has 1 aliphatic heterocycles. The second-order valence-electron chi connectivity index (χ2n) is 4.78. The van der Waals surface area contributed by atoms with Crippen molar-refractivity contribution in [3.63, 3.8) is 0 Å². The van der Waals surface area contributed by atoms with Crippen molar-refractivity contribution in [2.45, 2.75) is 45.1 Å². The average molecular weight is 211 g/mol. The van der Waals surface area contributed by atoms with Gasteiger partial charge in [0, 0.05) is 13.1 Å². The van der Waals surface area contributed by atoms with Gasteiger partial charge in [-0.2, -0.15) is 0 Å². The lowest BCUT2D eigenvalue weighted by atomic mass is 9.84. The van der Waals surface area contributed by atoms with Crippen LogP contribution in [-0.4, -0.2) is 25.2 Å². The lowest BCUT2D eigenvalue weighted by Crippen LogP contribution is -2.48. The van der Waals surface area contributed by atoms with Crippen LogP contribution < -0.4 is 5.32 Å². The predicted molar refractivity (Wildman–Crippen MR) is 58.5 cm³/mol. The van der Waals surface area contributed by atoms with Crippen molar-refractivity contribution in [3.8, 4) is 0 Å². The molecule has 3 nitrogen and oxygen atoms in total. The zero-order chi connectivity index (χ0) is 10.7. The van der Waals surface area contributed by atoms with E-state index in [1.54, 1.807) is 0 Å². The van der Waals surface area contributed by atoms with Gasteiger partial charge >= 0.3 is 5.97 Å². The topological polar surface area (TPSA) is 38.3 Å². The van der Waals surface area contributed by atoms with Crippen LogP contribution in [0.2, 0.25) is 0 Å². The molecule has 1 saturated heterocycles. The van der Waals surface area contributed by atoms with Crippen LogP contribution in [-0.2, 0) is 9.53 Å². The average Bonchev–Trinajstić information content (AvgIpc) is 2.15. The quantitative estimate of drug-likeness (QED) is 0.722. The number of hydrogen-bond donors (Lipinski definition) is 1. The van der Waals surface area contributed by atoms with Gasteiger partial charge in [-0.15, -0.1) is 0 Å².